The van der Waals surface area contributed by atoms with Gasteiger partial charge in [0.15, 0.2) is 5.65 Å². The van der Waals surface area contributed by atoms with Gasteiger partial charge in [-0.3, -0.25) is 4.79 Å². The molecule has 1 N–H and O–H groups in total. The van der Waals surface area contributed by atoms with E-state index in [0.717, 1.165) is 25.2 Å². The Morgan fingerprint density at radius 2 is 2.33 bits per heavy atom. The van der Waals surface area contributed by atoms with Gasteiger partial charge in [-0.05, 0) is 26.2 Å². The van der Waals surface area contributed by atoms with E-state index in [4.69, 9.17) is 11.6 Å². The zero-order valence-electron chi connectivity index (χ0n) is 10.2. The number of aromatic amines is 1. The first-order valence-electron chi connectivity index (χ1n) is 6.20. The standard InChI is InChI=1S/C12H15ClN4O/c1-8-4-2-3-5-16(8)11-6-10(18)15-12-9(13)7-14-17(11)12/h6-8H,2-5H2,1H3,(H,15,18). The second kappa shape index (κ2) is 4.31. The van der Waals surface area contributed by atoms with Crippen LogP contribution in [0.1, 0.15) is 26.2 Å². The molecule has 0 saturated carbocycles. The monoisotopic (exact) mass is 266 g/mol. The molecule has 0 amide bonds. The average molecular weight is 267 g/mol. The van der Waals surface area contributed by atoms with Crippen molar-refractivity contribution in [2.45, 2.75) is 32.2 Å². The van der Waals surface area contributed by atoms with E-state index in [1.165, 1.54) is 6.42 Å². The van der Waals surface area contributed by atoms with Gasteiger partial charge in [0.25, 0.3) is 5.56 Å². The summed E-state index contributed by atoms with van der Waals surface area (Å²) in [6.45, 7) is 3.13. The van der Waals surface area contributed by atoms with E-state index >= 15 is 0 Å². The van der Waals surface area contributed by atoms with Crippen LogP contribution in [-0.2, 0) is 0 Å². The van der Waals surface area contributed by atoms with Gasteiger partial charge in [-0.1, -0.05) is 11.6 Å². The van der Waals surface area contributed by atoms with E-state index < -0.39 is 0 Å². The summed E-state index contributed by atoms with van der Waals surface area (Å²) >= 11 is 6.02. The van der Waals surface area contributed by atoms with Gasteiger partial charge in [0.2, 0.25) is 0 Å². The van der Waals surface area contributed by atoms with Gasteiger partial charge in [-0.15, -0.1) is 0 Å². The van der Waals surface area contributed by atoms with Crippen molar-refractivity contribution >= 4 is 23.1 Å². The Kier molecular flexibility index (Phi) is 2.78. The first-order chi connectivity index (χ1) is 8.66. The summed E-state index contributed by atoms with van der Waals surface area (Å²) in [5.74, 6) is 0.827. The molecule has 0 radical (unpaired) electrons. The lowest BCUT2D eigenvalue weighted by Crippen LogP contribution is -2.39. The third-order valence-corrected chi connectivity index (χ3v) is 3.82. The topological polar surface area (TPSA) is 53.4 Å². The predicted octanol–water partition coefficient (Wildman–Crippen LogP) is 2.05. The number of H-pyrrole nitrogens is 1. The van der Waals surface area contributed by atoms with Crippen molar-refractivity contribution < 1.29 is 0 Å². The molecule has 0 spiro atoms. The number of piperidine rings is 1. The van der Waals surface area contributed by atoms with Crippen molar-refractivity contribution in [2.75, 3.05) is 11.4 Å². The zero-order chi connectivity index (χ0) is 12.7. The summed E-state index contributed by atoms with van der Waals surface area (Å²) in [7, 11) is 0. The number of halogens is 1. The highest BCUT2D eigenvalue weighted by Crippen LogP contribution is 2.25. The molecule has 0 aliphatic carbocycles. The van der Waals surface area contributed by atoms with Crippen LogP contribution in [-0.4, -0.2) is 27.2 Å². The molecule has 1 saturated heterocycles. The summed E-state index contributed by atoms with van der Waals surface area (Å²) in [5.41, 5.74) is 0.426. The quantitative estimate of drug-likeness (QED) is 0.860. The minimum Gasteiger partial charge on any atom is -0.354 e. The molecular formula is C12H15ClN4O. The van der Waals surface area contributed by atoms with Gasteiger partial charge in [0.05, 0.1) is 6.20 Å². The van der Waals surface area contributed by atoms with Crippen molar-refractivity contribution in [1.29, 1.82) is 0 Å². The number of nitrogens with zero attached hydrogens (tertiary/aromatic N) is 3. The van der Waals surface area contributed by atoms with Crippen LogP contribution in [0.5, 0.6) is 0 Å². The van der Waals surface area contributed by atoms with Crippen LogP contribution in [0.15, 0.2) is 17.1 Å². The third-order valence-electron chi connectivity index (χ3n) is 3.54. The number of fused-ring (bicyclic) bond motifs is 1. The smallest absolute Gasteiger partial charge is 0.253 e. The number of nitrogens with one attached hydrogen (secondary N) is 1. The molecule has 2 aromatic rings. The van der Waals surface area contributed by atoms with E-state index in [2.05, 4.69) is 21.9 Å². The van der Waals surface area contributed by atoms with Gasteiger partial charge in [0.1, 0.15) is 10.8 Å². The minimum absolute atomic E-state index is 0.141. The third kappa shape index (κ3) is 1.79. The fourth-order valence-corrected chi connectivity index (χ4v) is 2.76. The molecule has 2 aromatic heterocycles. The Balaban J connectivity index is 2.18. The summed E-state index contributed by atoms with van der Waals surface area (Å²) in [4.78, 5) is 16.7. The molecule has 18 heavy (non-hydrogen) atoms. The largest absolute Gasteiger partial charge is 0.354 e. The lowest BCUT2D eigenvalue weighted by molar-refractivity contribution is 0.477. The van der Waals surface area contributed by atoms with Crippen LogP contribution in [0.2, 0.25) is 5.02 Å². The zero-order valence-corrected chi connectivity index (χ0v) is 10.9. The van der Waals surface area contributed by atoms with Crippen molar-refractivity contribution in [1.82, 2.24) is 14.6 Å². The first-order valence-corrected chi connectivity index (χ1v) is 6.58. The van der Waals surface area contributed by atoms with Gasteiger partial charge in [0, 0.05) is 18.7 Å². The highest BCUT2D eigenvalue weighted by Gasteiger charge is 2.22. The highest BCUT2D eigenvalue weighted by molar-refractivity contribution is 6.33. The Morgan fingerprint density at radius 1 is 1.50 bits per heavy atom. The summed E-state index contributed by atoms with van der Waals surface area (Å²) < 4.78 is 1.71. The van der Waals surface area contributed by atoms with E-state index in [0.29, 0.717) is 16.7 Å². The summed E-state index contributed by atoms with van der Waals surface area (Å²) in [6, 6.07) is 2.02. The van der Waals surface area contributed by atoms with Crippen LogP contribution in [0.3, 0.4) is 0 Å². The van der Waals surface area contributed by atoms with Gasteiger partial charge >= 0.3 is 0 Å². The first kappa shape index (κ1) is 11.6. The maximum absolute atomic E-state index is 11.7. The molecule has 1 unspecified atom stereocenters. The summed E-state index contributed by atoms with van der Waals surface area (Å²) in [5, 5.41) is 4.71. The Bertz CT molecular complexity index is 633. The SMILES string of the molecule is CC1CCCCN1c1cc(=O)[nH]c2c(Cl)cnn12. The van der Waals surface area contributed by atoms with Crippen LogP contribution >= 0.6 is 11.6 Å². The van der Waals surface area contributed by atoms with Crippen LogP contribution < -0.4 is 10.5 Å². The van der Waals surface area contributed by atoms with Crippen molar-refractivity contribution in [3.8, 4) is 0 Å². The molecular weight excluding hydrogens is 252 g/mol. The molecule has 0 bridgehead atoms. The molecule has 1 aliphatic heterocycles. The molecule has 0 aromatic carbocycles. The highest BCUT2D eigenvalue weighted by atomic mass is 35.5. The van der Waals surface area contributed by atoms with Gasteiger partial charge in [-0.25, -0.2) is 0 Å². The second-order valence-corrected chi connectivity index (χ2v) is 5.19. The minimum atomic E-state index is -0.141. The van der Waals surface area contributed by atoms with Crippen LogP contribution in [0.25, 0.3) is 5.65 Å². The van der Waals surface area contributed by atoms with E-state index in [-0.39, 0.29) is 5.56 Å². The molecule has 1 fully saturated rings. The molecule has 1 aliphatic rings. The molecule has 5 nitrogen and oxygen atoms in total. The molecule has 3 rings (SSSR count). The maximum atomic E-state index is 11.7. The lowest BCUT2D eigenvalue weighted by atomic mass is 10.0. The van der Waals surface area contributed by atoms with E-state index in [9.17, 15) is 4.79 Å². The Labute approximate surface area is 109 Å². The fraction of sp³-hybridized carbons (Fsp3) is 0.500. The molecule has 1 atom stereocenters. The normalized spacial score (nSPS) is 20.6. The van der Waals surface area contributed by atoms with Crippen molar-refractivity contribution in [2.24, 2.45) is 0 Å². The lowest BCUT2D eigenvalue weighted by Gasteiger charge is -2.35. The molecule has 3 heterocycles. The fourth-order valence-electron chi connectivity index (χ4n) is 2.59. The van der Waals surface area contributed by atoms with Gasteiger partial charge in [-0.2, -0.15) is 9.61 Å². The number of hydrogen-bond acceptors (Lipinski definition) is 3. The average Bonchev–Trinajstić information content (AvgIpc) is 2.71. The van der Waals surface area contributed by atoms with Crippen LogP contribution in [0.4, 0.5) is 5.82 Å². The Hall–Kier alpha value is -1.49. The van der Waals surface area contributed by atoms with Crippen LogP contribution in [0, 0.1) is 0 Å². The van der Waals surface area contributed by atoms with E-state index in [1.807, 2.05) is 0 Å². The number of rotatable bonds is 1. The number of anilines is 1. The van der Waals surface area contributed by atoms with Crippen molar-refractivity contribution in [3.63, 3.8) is 0 Å². The second-order valence-electron chi connectivity index (χ2n) is 4.78. The van der Waals surface area contributed by atoms with E-state index in [1.54, 1.807) is 16.8 Å². The van der Waals surface area contributed by atoms with Gasteiger partial charge < -0.3 is 9.88 Å². The molecule has 96 valence electrons. The summed E-state index contributed by atoms with van der Waals surface area (Å²) in [6.07, 6.45) is 5.09. The maximum Gasteiger partial charge on any atom is 0.253 e. The number of aromatic nitrogens is 3. The Morgan fingerprint density at radius 3 is 3.11 bits per heavy atom. The number of hydrogen-bond donors (Lipinski definition) is 1. The van der Waals surface area contributed by atoms with Crippen molar-refractivity contribution in [3.05, 3.63) is 27.6 Å². The molecule has 6 heteroatoms. The predicted molar refractivity (Wildman–Crippen MR) is 71.5 cm³/mol.